The fourth-order valence-corrected chi connectivity index (χ4v) is 11.1. The SMILES string of the molecule is [2H]c1c([2H])c(N(c2ccc(-c3cc(-c4ccccc4)cc(-c4ccccc4)c3)cc2)c2ccc3c(c2)C(c2ccccc2)(c2ccccc2)c2ccccc2-3)c([2H])c([2H])c1-c1cccc(-c2cccc3ccccc23)c1. The molecule has 0 bridgehead atoms. The number of hydrogen-bond acceptors (Lipinski definition) is 1. The van der Waals surface area contributed by atoms with Gasteiger partial charge in [0.15, 0.2) is 0 Å². The first-order valence-corrected chi connectivity index (χ1v) is 24.6. The van der Waals surface area contributed by atoms with Crippen molar-refractivity contribution in [2.75, 3.05) is 4.90 Å². The molecule has 0 aromatic heterocycles. The Balaban J connectivity index is 1.01. The Morgan fingerprint density at radius 2 is 0.722 bits per heavy atom. The van der Waals surface area contributed by atoms with Gasteiger partial charge in [0.25, 0.3) is 0 Å². The van der Waals surface area contributed by atoms with Gasteiger partial charge >= 0.3 is 0 Å². The third-order valence-corrected chi connectivity index (χ3v) is 14.4. The van der Waals surface area contributed by atoms with E-state index in [9.17, 15) is 5.48 Å². The minimum atomic E-state index is -0.714. The highest BCUT2D eigenvalue weighted by Crippen LogP contribution is 2.57. The summed E-state index contributed by atoms with van der Waals surface area (Å²) in [5, 5.41) is 2.21. The summed E-state index contributed by atoms with van der Waals surface area (Å²) in [5.41, 5.74) is 16.9. The minimum Gasteiger partial charge on any atom is -0.310 e. The Hall–Kier alpha value is -9.30. The Kier molecular flexibility index (Phi) is 9.75. The van der Waals surface area contributed by atoms with Crippen molar-refractivity contribution >= 4 is 27.8 Å². The molecule has 13 rings (SSSR count). The largest absolute Gasteiger partial charge is 0.310 e. The molecule has 0 unspecified atom stereocenters. The molecule has 1 heteroatoms. The van der Waals surface area contributed by atoms with Gasteiger partial charge in [-0.05, 0) is 160 Å². The van der Waals surface area contributed by atoms with Crippen molar-refractivity contribution in [1.82, 2.24) is 0 Å². The van der Waals surface area contributed by atoms with Crippen LogP contribution >= 0.6 is 0 Å². The second kappa shape index (κ2) is 18.2. The number of anilines is 3. The number of rotatable bonds is 10. The van der Waals surface area contributed by atoms with E-state index in [0.29, 0.717) is 16.9 Å². The first kappa shape index (κ1) is 38.5. The molecule has 0 N–H and O–H groups in total. The zero-order valence-electron chi connectivity index (χ0n) is 43.4. The summed E-state index contributed by atoms with van der Waals surface area (Å²) in [6.45, 7) is 0. The molecule has 0 fully saturated rings. The van der Waals surface area contributed by atoms with Crippen LogP contribution < -0.4 is 4.90 Å². The van der Waals surface area contributed by atoms with Crippen LogP contribution in [0.25, 0.3) is 77.5 Å². The van der Waals surface area contributed by atoms with Crippen molar-refractivity contribution < 1.29 is 5.48 Å². The molecular weight excluding hydrogens is 867 g/mol. The van der Waals surface area contributed by atoms with E-state index in [4.69, 9.17) is 0 Å². The molecule has 0 amide bonds. The zero-order chi connectivity index (χ0) is 51.3. The van der Waals surface area contributed by atoms with E-state index < -0.39 is 5.41 Å². The van der Waals surface area contributed by atoms with E-state index >= 15 is 0 Å². The Bertz CT molecular complexity index is 4010. The maximum atomic E-state index is 10.0. The van der Waals surface area contributed by atoms with Crippen molar-refractivity contribution in [2.24, 2.45) is 0 Å². The monoisotopic (exact) mass is 919 g/mol. The second-order valence-electron chi connectivity index (χ2n) is 18.5. The van der Waals surface area contributed by atoms with E-state index in [1.165, 1.54) is 5.56 Å². The van der Waals surface area contributed by atoms with Crippen LogP contribution in [0, 0.1) is 0 Å². The van der Waals surface area contributed by atoms with Gasteiger partial charge in [-0.1, -0.05) is 237 Å². The summed E-state index contributed by atoms with van der Waals surface area (Å²) < 4.78 is 39.8. The highest BCUT2D eigenvalue weighted by molar-refractivity contribution is 5.97. The van der Waals surface area contributed by atoms with Gasteiger partial charge in [0.1, 0.15) is 0 Å². The molecule has 0 spiro atoms. The molecule has 338 valence electrons. The Labute approximate surface area is 427 Å². The Morgan fingerprint density at radius 1 is 0.264 bits per heavy atom. The lowest BCUT2D eigenvalue weighted by Gasteiger charge is -2.35. The van der Waals surface area contributed by atoms with Crippen LogP contribution in [0.15, 0.2) is 297 Å². The quantitative estimate of drug-likeness (QED) is 0.132. The Morgan fingerprint density at radius 3 is 1.38 bits per heavy atom. The summed E-state index contributed by atoms with van der Waals surface area (Å²) in [5.74, 6) is 0. The fraction of sp³-hybridized carbons (Fsp3) is 0.0141. The summed E-state index contributed by atoms with van der Waals surface area (Å²) >= 11 is 0. The zero-order valence-corrected chi connectivity index (χ0v) is 39.4. The fourth-order valence-electron chi connectivity index (χ4n) is 11.1. The van der Waals surface area contributed by atoms with E-state index in [-0.39, 0.29) is 35.4 Å². The van der Waals surface area contributed by atoms with E-state index in [1.807, 2.05) is 71.6 Å². The van der Waals surface area contributed by atoms with Gasteiger partial charge in [-0.15, -0.1) is 0 Å². The average Bonchev–Trinajstić information content (AvgIpc) is 3.93. The second-order valence-corrected chi connectivity index (χ2v) is 18.5. The van der Waals surface area contributed by atoms with Gasteiger partial charge in [0, 0.05) is 17.1 Å². The molecule has 0 saturated carbocycles. The van der Waals surface area contributed by atoms with E-state index in [2.05, 4.69) is 206 Å². The van der Waals surface area contributed by atoms with Crippen molar-refractivity contribution in [3.8, 4) is 66.8 Å². The smallest absolute Gasteiger partial charge is 0.0714 e. The number of benzene rings is 12. The summed E-state index contributed by atoms with van der Waals surface area (Å²) in [4.78, 5) is 1.93. The van der Waals surface area contributed by atoms with Crippen molar-refractivity contribution in [3.63, 3.8) is 0 Å². The first-order chi connectivity index (χ1) is 37.4. The van der Waals surface area contributed by atoms with Crippen molar-refractivity contribution in [1.29, 1.82) is 0 Å². The predicted octanol–water partition coefficient (Wildman–Crippen LogP) is 19.0. The van der Waals surface area contributed by atoms with Crippen LogP contribution in [0.1, 0.15) is 27.7 Å². The van der Waals surface area contributed by atoms with Gasteiger partial charge < -0.3 is 4.90 Å². The van der Waals surface area contributed by atoms with Gasteiger partial charge in [0.05, 0.1) is 10.9 Å². The molecule has 0 atom stereocenters. The van der Waals surface area contributed by atoms with E-state index in [1.54, 1.807) is 0 Å². The average molecular weight is 920 g/mol. The molecule has 12 aromatic carbocycles. The molecule has 0 saturated heterocycles. The maximum Gasteiger partial charge on any atom is 0.0714 e. The highest BCUT2D eigenvalue weighted by atomic mass is 15.1. The lowest BCUT2D eigenvalue weighted by molar-refractivity contribution is 0.768. The van der Waals surface area contributed by atoms with Gasteiger partial charge in [0.2, 0.25) is 0 Å². The van der Waals surface area contributed by atoms with Crippen LogP contribution in [-0.2, 0) is 5.41 Å². The van der Waals surface area contributed by atoms with Crippen LogP contribution in [0.3, 0.4) is 0 Å². The molecule has 12 aromatic rings. The molecule has 1 nitrogen and oxygen atoms in total. The molecule has 1 aliphatic rings. The maximum absolute atomic E-state index is 10.0. The van der Waals surface area contributed by atoms with Crippen LogP contribution in [0.5, 0.6) is 0 Å². The molecule has 0 radical (unpaired) electrons. The summed E-state index contributed by atoms with van der Waals surface area (Å²) in [6, 6.07) is 94.1. The van der Waals surface area contributed by atoms with Crippen LogP contribution in [0.4, 0.5) is 17.1 Å². The summed E-state index contributed by atoms with van der Waals surface area (Å²) in [7, 11) is 0. The lowest BCUT2D eigenvalue weighted by Crippen LogP contribution is -2.28. The van der Waals surface area contributed by atoms with Crippen molar-refractivity contribution in [2.45, 2.75) is 5.41 Å². The number of hydrogen-bond donors (Lipinski definition) is 0. The molecule has 0 heterocycles. The standard InChI is InChI=1S/C71H49N/c1-5-19-50(20-6-1)57-46-58(51-21-7-2-8-22-51)48-59(47-57)53-37-41-63(42-38-53)72(62-39-35-52(36-40-62)55-25-17-26-56(45-55)66-33-18-24-54-23-13-14-31-65(54)66)64-43-44-68-67-32-15-16-34-69(67)71(70(68)49-64,60-27-9-3-10-28-60)61-29-11-4-12-30-61/h1-49H/i35D,36D,39D,40D. The van der Waals surface area contributed by atoms with Crippen molar-refractivity contribution in [3.05, 3.63) is 319 Å². The highest BCUT2D eigenvalue weighted by Gasteiger charge is 2.46. The van der Waals surface area contributed by atoms with Gasteiger partial charge in [-0.3, -0.25) is 0 Å². The summed E-state index contributed by atoms with van der Waals surface area (Å²) in [6.07, 6.45) is 0. The van der Waals surface area contributed by atoms with Gasteiger partial charge in [-0.2, -0.15) is 0 Å². The number of nitrogens with zero attached hydrogens (tertiary/aromatic N) is 1. The van der Waals surface area contributed by atoms with Crippen LogP contribution in [0.2, 0.25) is 0 Å². The normalized spacial score (nSPS) is 13.1. The minimum absolute atomic E-state index is 0.115. The first-order valence-electron chi connectivity index (χ1n) is 26.6. The van der Waals surface area contributed by atoms with E-state index in [0.717, 1.165) is 83.1 Å². The number of fused-ring (bicyclic) bond motifs is 4. The third kappa shape index (κ3) is 7.51. The molecular formula is C71H49N. The molecule has 0 aliphatic heterocycles. The topological polar surface area (TPSA) is 3.24 Å². The lowest BCUT2D eigenvalue weighted by atomic mass is 9.67. The third-order valence-electron chi connectivity index (χ3n) is 14.4. The predicted molar refractivity (Wildman–Crippen MR) is 303 cm³/mol. The molecule has 1 aliphatic carbocycles. The van der Waals surface area contributed by atoms with Gasteiger partial charge in [-0.25, -0.2) is 0 Å². The van der Waals surface area contributed by atoms with Crippen LogP contribution in [-0.4, -0.2) is 0 Å². The molecule has 72 heavy (non-hydrogen) atoms.